The van der Waals surface area contributed by atoms with E-state index in [1.165, 1.54) is 18.2 Å². The molecule has 1 aromatic carbocycles. The quantitative estimate of drug-likeness (QED) is 0.296. The summed E-state index contributed by atoms with van der Waals surface area (Å²) >= 11 is 4.81. The Labute approximate surface area is 161 Å². The summed E-state index contributed by atoms with van der Waals surface area (Å²) in [4.78, 5) is 12.4. The molecular formula is C13H15BrFIN4O3S. The van der Waals surface area contributed by atoms with Crippen molar-refractivity contribution in [2.75, 3.05) is 11.9 Å². The van der Waals surface area contributed by atoms with E-state index in [2.05, 4.69) is 29.2 Å². The number of anilines is 1. The predicted molar refractivity (Wildman–Crippen MR) is 102 cm³/mol. The third-order valence-corrected chi connectivity index (χ3v) is 5.34. The molecule has 0 heterocycles. The Morgan fingerprint density at radius 1 is 1.46 bits per heavy atom. The summed E-state index contributed by atoms with van der Waals surface area (Å²) in [7, 11) is -3.71. The second kappa shape index (κ2) is 8.17. The van der Waals surface area contributed by atoms with E-state index in [4.69, 9.17) is 5.14 Å². The summed E-state index contributed by atoms with van der Waals surface area (Å²) < 4.78 is 41.4. The first-order chi connectivity index (χ1) is 11.2. The standard InChI is InChI=1S/C13H15BrFIN4O3S/c14-10-5-9(1-2-11(10)15)19-13(20-16)12(21)8-3-7(4-8)6-18-24(17,22)23/h1-2,5,7-8,18H,3-4,6H2,(H,19,20)(H2,17,22,23). The van der Waals surface area contributed by atoms with Crippen LogP contribution in [0.2, 0.25) is 0 Å². The van der Waals surface area contributed by atoms with Gasteiger partial charge in [0.1, 0.15) is 5.82 Å². The van der Waals surface area contributed by atoms with E-state index in [9.17, 15) is 17.6 Å². The van der Waals surface area contributed by atoms with Crippen LogP contribution in [0, 0.1) is 17.7 Å². The fourth-order valence-corrected chi connectivity index (χ4v) is 3.58. The highest BCUT2D eigenvalue weighted by Gasteiger charge is 2.36. The van der Waals surface area contributed by atoms with E-state index in [1.807, 2.05) is 0 Å². The maximum absolute atomic E-state index is 13.2. The molecule has 1 aliphatic carbocycles. The highest BCUT2D eigenvalue weighted by molar-refractivity contribution is 14.1. The molecule has 0 aromatic heterocycles. The van der Waals surface area contributed by atoms with Gasteiger partial charge in [0.05, 0.1) is 27.3 Å². The molecule has 11 heteroatoms. The fraction of sp³-hybridized carbons (Fsp3) is 0.385. The van der Waals surface area contributed by atoms with Crippen LogP contribution in [-0.2, 0) is 15.0 Å². The molecule has 0 saturated heterocycles. The number of halogens is 3. The Kier molecular flexibility index (Phi) is 6.70. The van der Waals surface area contributed by atoms with Crippen LogP contribution in [0.15, 0.2) is 25.9 Å². The first-order valence-corrected chi connectivity index (χ1v) is 10.2. The van der Waals surface area contributed by atoms with E-state index in [0.717, 1.165) is 0 Å². The lowest BCUT2D eigenvalue weighted by molar-refractivity contribution is -0.120. The molecule has 0 spiro atoms. The average Bonchev–Trinajstić information content (AvgIpc) is 2.45. The van der Waals surface area contributed by atoms with E-state index in [-0.39, 0.29) is 34.5 Å². The van der Waals surface area contributed by atoms with Crippen molar-refractivity contribution >= 4 is 66.3 Å². The molecule has 1 aliphatic rings. The van der Waals surface area contributed by atoms with Crippen molar-refractivity contribution in [3.63, 3.8) is 0 Å². The first kappa shape index (κ1) is 19.7. The Morgan fingerprint density at radius 3 is 2.67 bits per heavy atom. The van der Waals surface area contributed by atoms with Crippen molar-refractivity contribution in [1.82, 2.24) is 4.72 Å². The van der Waals surface area contributed by atoms with Crippen LogP contribution in [0.4, 0.5) is 10.1 Å². The molecule has 0 amide bonds. The number of Topliss-reactive ketones (excluding diaryl/α,β-unsaturated/α-hetero) is 1. The Bertz CT molecular complexity index is 768. The van der Waals surface area contributed by atoms with Crippen molar-refractivity contribution < 1.29 is 17.6 Å². The smallest absolute Gasteiger partial charge is 0.274 e. The summed E-state index contributed by atoms with van der Waals surface area (Å²) in [6.07, 6.45) is 1.12. The number of nitrogens with zero attached hydrogens (tertiary/aromatic N) is 1. The second-order valence-corrected chi connectivity index (χ2v) is 8.19. The molecule has 1 aromatic rings. The lowest BCUT2D eigenvalue weighted by Crippen LogP contribution is -2.43. The predicted octanol–water partition coefficient (Wildman–Crippen LogP) is 2.14. The lowest BCUT2D eigenvalue weighted by atomic mass is 9.72. The monoisotopic (exact) mass is 532 g/mol. The van der Waals surface area contributed by atoms with Gasteiger partial charge in [-0.15, -0.1) is 0 Å². The third kappa shape index (κ3) is 5.44. The van der Waals surface area contributed by atoms with Crippen LogP contribution in [0.1, 0.15) is 12.8 Å². The number of carbonyl (C=O) groups is 1. The number of hydrogen-bond acceptors (Lipinski definition) is 4. The average molecular weight is 533 g/mol. The normalized spacial score (nSPS) is 21.2. The van der Waals surface area contributed by atoms with Gasteiger partial charge in [0.2, 0.25) is 5.78 Å². The van der Waals surface area contributed by atoms with Crippen molar-refractivity contribution in [3.8, 4) is 0 Å². The molecule has 7 nitrogen and oxygen atoms in total. The molecule has 1 fully saturated rings. The van der Waals surface area contributed by atoms with Gasteiger partial charge < -0.3 is 5.32 Å². The maximum Gasteiger partial charge on any atom is 0.274 e. The lowest BCUT2D eigenvalue weighted by Gasteiger charge is -2.34. The summed E-state index contributed by atoms with van der Waals surface area (Å²) in [5.41, 5.74) is 0.541. The van der Waals surface area contributed by atoms with E-state index >= 15 is 0 Å². The molecule has 0 atom stereocenters. The largest absolute Gasteiger partial charge is 0.337 e. The molecule has 1 saturated carbocycles. The van der Waals surface area contributed by atoms with Crippen LogP contribution < -0.4 is 15.2 Å². The van der Waals surface area contributed by atoms with Gasteiger partial charge in [0.15, 0.2) is 5.84 Å². The van der Waals surface area contributed by atoms with Crippen LogP contribution in [0.25, 0.3) is 0 Å². The molecule has 24 heavy (non-hydrogen) atoms. The third-order valence-electron chi connectivity index (χ3n) is 3.68. The van der Waals surface area contributed by atoms with Gasteiger partial charge in [0, 0.05) is 18.2 Å². The zero-order chi connectivity index (χ0) is 17.9. The number of nitrogens with two attached hydrogens (primary N) is 1. The Morgan fingerprint density at radius 2 is 2.12 bits per heavy atom. The second-order valence-electron chi connectivity index (χ2n) is 5.48. The molecule has 132 valence electrons. The van der Waals surface area contributed by atoms with Gasteiger partial charge >= 0.3 is 0 Å². The van der Waals surface area contributed by atoms with Gasteiger partial charge in [-0.1, -0.05) is 0 Å². The van der Waals surface area contributed by atoms with Crippen LogP contribution >= 0.6 is 38.8 Å². The number of nitrogens with one attached hydrogen (secondary N) is 2. The van der Waals surface area contributed by atoms with Gasteiger partial charge in [-0.3, -0.25) is 4.79 Å². The number of hydrogen-bond donors (Lipinski definition) is 3. The molecule has 0 bridgehead atoms. The number of benzene rings is 1. The summed E-state index contributed by atoms with van der Waals surface area (Å²) in [5.74, 6) is -0.521. The van der Waals surface area contributed by atoms with Crippen LogP contribution in [0.3, 0.4) is 0 Å². The van der Waals surface area contributed by atoms with Crippen molar-refractivity contribution in [3.05, 3.63) is 28.5 Å². The van der Waals surface area contributed by atoms with Crippen molar-refractivity contribution in [1.29, 1.82) is 0 Å². The van der Waals surface area contributed by atoms with Gasteiger partial charge in [0.25, 0.3) is 10.2 Å². The van der Waals surface area contributed by atoms with E-state index in [1.54, 1.807) is 22.9 Å². The Hall–Kier alpha value is -0.630. The molecule has 4 N–H and O–H groups in total. The topological polar surface area (TPSA) is 114 Å². The molecule has 0 radical (unpaired) electrons. The number of carbonyl (C=O) groups excluding carboxylic acids is 1. The Balaban J connectivity index is 1.90. The van der Waals surface area contributed by atoms with E-state index in [0.29, 0.717) is 18.5 Å². The first-order valence-electron chi connectivity index (χ1n) is 6.92. The van der Waals surface area contributed by atoms with Crippen molar-refractivity contribution in [2.45, 2.75) is 12.8 Å². The molecule has 0 unspecified atom stereocenters. The highest BCUT2D eigenvalue weighted by atomic mass is 127. The number of ketones is 1. The summed E-state index contributed by atoms with van der Waals surface area (Å²) in [6, 6.07) is 4.30. The fourth-order valence-electron chi connectivity index (χ4n) is 2.38. The SMILES string of the molecule is NS(=O)(=O)NCC1CC(C(=O)C(=NI)Nc2ccc(F)c(Br)c2)C1. The zero-order valence-electron chi connectivity index (χ0n) is 12.3. The van der Waals surface area contributed by atoms with Gasteiger partial charge in [-0.05, 0) is 52.9 Å². The highest BCUT2D eigenvalue weighted by Crippen LogP contribution is 2.34. The van der Waals surface area contributed by atoms with Gasteiger partial charge in [-0.25, -0.2) is 14.3 Å². The maximum atomic E-state index is 13.2. The minimum absolute atomic E-state index is 0.0766. The molecule has 0 aliphatic heterocycles. The number of rotatable bonds is 6. The summed E-state index contributed by atoms with van der Waals surface area (Å²) in [6.45, 7) is 0.220. The molecular weight excluding hydrogens is 518 g/mol. The number of amidine groups is 1. The summed E-state index contributed by atoms with van der Waals surface area (Å²) in [5, 5.41) is 7.75. The molecule has 2 rings (SSSR count). The zero-order valence-corrected chi connectivity index (χ0v) is 16.9. The van der Waals surface area contributed by atoms with Crippen molar-refractivity contribution in [2.24, 2.45) is 20.2 Å². The minimum Gasteiger partial charge on any atom is -0.337 e. The minimum atomic E-state index is -3.71. The van der Waals surface area contributed by atoms with Gasteiger partial charge in [-0.2, -0.15) is 11.6 Å². The van der Waals surface area contributed by atoms with Crippen LogP contribution in [0.5, 0.6) is 0 Å². The van der Waals surface area contributed by atoms with Crippen LogP contribution in [-0.4, -0.2) is 26.6 Å². The van der Waals surface area contributed by atoms with E-state index < -0.39 is 16.0 Å².